The van der Waals surface area contributed by atoms with Crippen LogP contribution in [-0.4, -0.2) is 24.2 Å². The third-order valence-electron chi connectivity index (χ3n) is 1.64. The summed E-state index contributed by atoms with van der Waals surface area (Å²) >= 11 is 1.05. The average Bonchev–Trinajstić information content (AvgIpc) is 2.66. The Bertz CT molecular complexity index is 425. The minimum atomic E-state index is -1.000. The van der Waals surface area contributed by atoms with Crippen molar-refractivity contribution in [3.63, 3.8) is 0 Å². The van der Waals surface area contributed by atoms with Gasteiger partial charge in [0.1, 0.15) is 18.0 Å². The molecular weight excluding hydrogens is 214 g/mol. The quantitative estimate of drug-likeness (QED) is 0.774. The highest BCUT2D eigenvalue weighted by Gasteiger charge is 2.11. The van der Waals surface area contributed by atoms with Crippen LogP contribution in [0.25, 0.3) is 0 Å². The molecule has 0 unspecified atom stereocenters. The zero-order valence-corrected chi connectivity index (χ0v) is 8.49. The van der Waals surface area contributed by atoms with E-state index in [1.54, 1.807) is 6.07 Å². The van der Waals surface area contributed by atoms with E-state index in [0.29, 0.717) is 5.00 Å². The monoisotopic (exact) mass is 221 g/mol. The van der Waals surface area contributed by atoms with Gasteiger partial charge < -0.3 is 10.0 Å². The number of aromatic carboxylic acids is 1. The normalized spacial score (nSPS) is 8.93. The van der Waals surface area contributed by atoms with Gasteiger partial charge in [0, 0.05) is 0 Å². The van der Waals surface area contributed by atoms with E-state index in [-0.39, 0.29) is 18.0 Å². The lowest BCUT2D eigenvalue weighted by Gasteiger charge is -2.14. The van der Waals surface area contributed by atoms with Crippen LogP contribution in [0, 0.1) is 22.7 Å². The average molecular weight is 221 g/mol. The molecule has 1 N–H and O–H groups in total. The van der Waals surface area contributed by atoms with E-state index in [1.165, 1.54) is 11.0 Å². The maximum Gasteiger partial charge on any atom is 0.345 e. The highest BCUT2D eigenvalue weighted by Crippen LogP contribution is 2.25. The number of anilines is 1. The number of carbonyl (C=O) groups is 1. The first-order chi connectivity index (χ1) is 7.19. The predicted molar refractivity (Wildman–Crippen MR) is 54.7 cm³/mol. The van der Waals surface area contributed by atoms with Crippen LogP contribution in [0.3, 0.4) is 0 Å². The van der Waals surface area contributed by atoms with Gasteiger partial charge in [-0.1, -0.05) is 0 Å². The van der Waals surface area contributed by atoms with Crippen molar-refractivity contribution in [1.29, 1.82) is 10.5 Å². The zero-order valence-electron chi connectivity index (χ0n) is 7.67. The Balaban J connectivity index is 2.88. The van der Waals surface area contributed by atoms with Crippen molar-refractivity contribution in [1.82, 2.24) is 0 Å². The number of carboxylic acid groups (broad SMARTS) is 1. The minimum Gasteiger partial charge on any atom is -0.477 e. The molecule has 0 saturated heterocycles. The third kappa shape index (κ3) is 2.70. The number of hydrogen-bond donors (Lipinski definition) is 1. The number of carboxylic acids is 1. The molecule has 0 bridgehead atoms. The number of hydrogen-bond acceptors (Lipinski definition) is 5. The Kier molecular flexibility index (Phi) is 3.67. The first-order valence-electron chi connectivity index (χ1n) is 4.01. The van der Waals surface area contributed by atoms with E-state index in [2.05, 4.69) is 0 Å². The molecule has 0 fully saturated rings. The topological polar surface area (TPSA) is 88.1 Å². The molecule has 1 heterocycles. The van der Waals surface area contributed by atoms with Gasteiger partial charge in [-0.25, -0.2) is 4.79 Å². The van der Waals surface area contributed by atoms with E-state index in [9.17, 15) is 4.79 Å². The summed E-state index contributed by atoms with van der Waals surface area (Å²) in [5.41, 5.74) is 0. The molecule has 0 aliphatic heterocycles. The Hall–Kier alpha value is -2.05. The van der Waals surface area contributed by atoms with Crippen LogP contribution in [-0.2, 0) is 0 Å². The standard InChI is InChI=1S/C9H7N3O2S/c10-3-5-12(6-4-11)8-2-1-7(15-8)9(13)14/h1-2H,5-6H2,(H,13,14). The lowest BCUT2D eigenvalue weighted by molar-refractivity contribution is 0.0702. The van der Waals surface area contributed by atoms with Crippen molar-refractivity contribution in [2.24, 2.45) is 0 Å². The van der Waals surface area contributed by atoms with E-state index >= 15 is 0 Å². The molecule has 1 aromatic heterocycles. The molecule has 0 spiro atoms. The first kappa shape index (κ1) is 11.0. The fourth-order valence-corrected chi connectivity index (χ4v) is 1.84. The Morgan fingerprint density at radius 3 is 2.40 bits per heavy atom. The molecule has 0 aliphatic carbocycles. The molecule has 0 amide bonds. The minimum absolute atomic E-state index is 0.0765. The maximum absolute atomic E-state index is 10.6. The van der Waals surface area contributed by atoms with Crippen LogP contribution in [0.5, 0.6) is 0 Å². The van der Waals surface area contributed by atoms with Gasteiger partial charge in [-0.2, -0.15) is 10.5 Å². The lowest BCUT2D eigenvalue weighted by Crippen LogP contribution is -2.22. The van der Waals surface area contributed by atoms with Gasteiger partial charge >= 0.3 is 5.97 Å². The summed E-state index contributed by atoms with van der Waals surface area (Å²) in [6, 6.07) is 6.91. The maximum atomic E-state index is 10.6. The highest BCUT2D eigenvalue weighted by molar-refractivity contribution is 7.17. The fraction of sp³-hybridized carbons (Fsp3) is 0.222. The predicted octanol–water partition coefficient (Wildman–Crippen LogP) is 1.30. The third-order valence-corrected chi connectivity index (χ3v) is 2.77. The molecule has 5 nitrogen and oxygen atoms in total. The second kappa shape index (κ2) is 4.99. The van der Waals surface area contributed by atoms with Crippen molar-refractivity contribution in [3.05, 3.63) is 17.0 Å². The van der Waals surface area contributed by atoms with Crippen LogP contribution in [0.2, 0.25) is 0 Å². The second-order valence-corrected chi connectivity index (χ2v) is 3.68. The molecule has 1 rings (SSSR count). The summed E-state index contributed by atoms with van der Waals surface area (Å²) < 4.78 is 0. The number of thiophene rings is 1. The molecule has 0 radical (unpaired) electrons. The molecule has 15 heavy (non-hydrogen) atoms. The summed E-state index contributed by atoms with van der Waals surface area (Å²) in [6.07, 6.45) is 0. The van der Waals surface area contributed by atoms with Gasteiger partial charge in [0.05, 0.1) is 17.1 Å². The van der Waals surface area contributed by atoms with Crippen LogP contribution >= 0.6 is 11.3 Å². The van der Waals surface area contributed by atoms with Gasteiger partial charge in [-0.05, 0) is 12.1 Å². The first-order valence-corrected chi connectivity index (χ1v) is 4.82. The van der Waals surface area contributed by atoms with Crippen molar-refractivity contribution < 1.29 is 9.90 Å². The zero-order chi connectivity index (χ0) is 11.3. The molecule has 0 saturated carbocycles. The molecule has 0 atom stereocenters. The van der Waals surface area contributed by atoms with Gasteiger partial charge in [-0.3, -0.25) is 0 Å². The smallest absolute Gasteiger partial charge is 0.345 e. The SMILES string of the molecule is N#CCN(CC#N)c1ccc(C(=O)O)s1. The summed E-state index contributed by atoms with van der Waals surface area (Å²) in [6.45, 7) is 0.153. The molecular formula is C9H7N3O2S. The molecule has 0 aliphatic rings. The van der Waals surface area contributed by atoms with E-state index in [4.69, 9.17) is 15.6 Å². The van der Waals surface area contributed by atoms with Crippen LogP contribution < -0.4 is 4.90 Å². The summed E-state index contributed by atoms with van der Waals surface area (Å²) in [4.78, 5) is 12.3. The molecule has 6 heteroatoms. The molecule has 76 valence electrons. The van der Waals surface area contributed by atoms with Crippen LogP contribution in [0.15, 0.2) is 12.1 Å². The van der Waals surface area contributed by atoms with E-state index in [0.717, 1.165) is 11.3 Å². The number of nitrogens with zero attached hydrogens (tertiary/aromatic N) is 3. The lowest BCUT2D eigenvalue weighted by atomic mass is 10.4. The molecule has 0 aromatic carbocycles. The van der Waals surface area contributed by atoms with Gasteiger partial charge in [0.2, 0.25) is 0 Å². The van der Waals surface area contributed by atoms with Gasteiger partial charge in [-0.15, -0.1) is 11.3 Å². The Labute approximate surface area is 90.4 Å². The van der Waals surface area contributed by atoms with Crippen molar-refractivity contribution in [3.8, 4) is 12.1 Å². The van der Waals surface area contributed by atoms with E-state index in [1.807, 2.05) is 12.1 Å². The Morgan fingerprint density at radius 2 is 2.00 bits per heavy atom. The van der Waals surface area contributed by atoms with Crippen molar-refractivity contribution in [2.75, 3.05) is 18.0 Å². The fourth-order valence-electron chi connectivity index (χ4n) is 0.995. The largest absolute Gasteiger partial charge is 0.477 e. The van der Waals surface area contributed by atoms with Crippen molar-refractivity contribution in [2.45, 2.75) is 0 Å². The van der Waals surface area contributed by atoms with Crippen LogP contribution in [0.1, 0.15) is 9.67 Å². The van der Waals surface area contributed by atoms with E-state index < -0.39 is 5.97 Å². The molecule has 1 aromatic rings. The summed E-state index contributed by atoms with van der Waals surface area (Å²) in [5.74, 6) is -1.000. The van der Waals surface area contributed by atoms with Crippen LogP contribution in [0.4, 0.5) is 5.00 Å². The highest BCUT2D eigenvalue weighted by atomic mass is 32.1. The summed E-state index contributed by atoms with van der Waals surface area (Å²) in [7, 11) is 0. The van der Waals surface area contributed by atoms with Crippen molar-refractivity contribution >= 4 is 22.3 Å². The van der Waals surface area contributed by atoms with Gasteiger partial charge in [0.25, 0.3) is 0 Å². The second-order valence-electron chi connectivity index (χ2n) is 2.62. The number of nitriles is 2. The summed E-state index contributed by atoms with van der Waals surface area (Å²) in [5, 5.41) is 26.4. The number of rotatable bonds is 4. The Morgan fingerprint density at radius 1 is 1.40 bits per heavy atom. The van der Waals surface area contributed by atoms with Gasteiger partial charge in [0.15, 0.2) is 0 Å².